The first-order chi connectivity index (χ1) is 3.91. The molecule has 0 radical (unpaired) electrons. The van der Waals surface area contributed by atoms with Crippen LogP contribution in [0.3, 0.4) is 0 Å². The lowest BCUT2D eigenvalue weighted by Crippen LogP contribution is -2.20. The van der Waals surface area contributed by atoms with Crippen molar-refractivity contribution in [2.75, 3.05) is 13.2 Å². The van der Waals surface area contributed by atoms with Crippen molar-refractivity contribution in [2.45, 2.75) is 18.4 Å². The van der Waals surface area contributed by atoms with Crippen LogP contribution in [0.1, 0.15) is 12.8 Å². The summed E-state index contributed by atoms with van der Waals surface area (Å²) in [5.74, 6) is 0. The van der Waals surface area contributed by atoms with Crippen LogP contribution < -0.4 is 0 Å². The zero-order chi connectivity index (χ0) is 5.45. The van der Waals surface area contributed by atoms with Crippen LogP contribution in [0, 0.1) is 0 Å². The van der Waals surface area contributed by atoms with Gasteiger partial charge in [0.25, 0.3) is 0 Å². The van der Waals surface area contributed by atoms with Gasteiger partial charge in [-0.2, -0.15) is 0 Å². The van der Waals surface area contributed by atoms with Gasteiger partial charge >= 0.3 is 0 Å². The van der Waals surface area contributed by atoms with Crippen LogP contribution in [-0.4, -0.2) is 25.0 Å². The van der Waals surface area contributed by atoms with Crippen molar-refractivity contribution in [1.82, 2.24) is 0 Å². The van der Waals surface area contributed by atoms with E-state index >= 15 is 0 Å². The Balaban J connectivity index is 2.13. The van der Waals surface area contributed by atoms with Gasteiger partial charge in [-0.25, -0.2) is 0 Å². The summed E-state index contributed by atoms with van der Waals surface area (Å²) in [7, 11) is 0. The van der Waals surface area contributed by atoms with E-state index in [2.05, 4.69) is 4.99 Å². The molecule has 0 saturated heterocycles. The molecule has 1 aliphatic carbocycles. The van der Waals surface area contributed by atoms with Crippen molar-refractivity contribution in [3.05, 3.63) is 0 Å². The highest BCUT2D eigenvalue weighted by Crippen LogP contribution is 2.40. The van der Waals surface area contributed by atoms with E-state index in [1.54, 1.807) is 0 Å². The summed E-state index contributed by atoms with van der Waals surface area (Å²) in [6.07, 6.45) is 4.36. The molecule has 0 aromatic heterocycles. The molecule has 1 fully saturated rings. The Hall–Kier alpha value is -0.370. The zero-order valence-electron chi connectivity index (χ0n) is 4.76. The SMILES string of the molecule is C1=NC2(CC2)COC1. The molecule has 1 aliphatic heterocycles. The van der Waals surface area contributed by atoms with Crippen molar-refractivity contribution in [3.8, 4) is 0 Å². The fourth-order valence-electron chi connectivity index (χ4n) is 0.988. The van der Waals surface area contributed by atoms with Crippen molar-refractivity contribution in [1.29, 1.82) is 0 Å². The minimum Gasteiger partial charge on any atom is -0.373 e. The summed E-state index contributed by atoms with van der Waals surface area (Å²) < 4.78 is 5.20. The maximum atomic E-state index is 5.20. The number of rotatable bonds is 0. The molecule has 8 heavy (non-hydrogen) atoms. The first kappa shape index (κ1) is 4.50. The second-order valence-electron chi connectivity index (χ2n) is 2.55. The topological polar surface area (TPSA) is 21.6 Å². The molecule has 44 valence electrons. The molecule has 2 heteroatoms. The maximum absolute atomic E-state index is 5.20. The predicted octanol–water partition coefficient (Wildman–Crippen LogP) is 0.620. The van der Waals surface area contributed by atoms with Gasteiger partial charge in [-0.15, -0.1) is 0 Å². The molecule has 0 N–H and O–H groups in total. The largest absolute Gasteiger partial charge is 0.373 e. The highest BCUT2D eigenvalue weighted by molar-refractivity contribution is 5.60. The maximum Gasteiger partial charge on any atom is 0.0839 e. The first-order valence-electron chi connectivity index (χ1n) is 3.03. The Morgan fingerprint density at radius 1 is 1.50 bits per heavy atom. The molecule has 0 aromatic rings. The van der Waals surface area contributed by atoms with E-state index in [4.69, 9.17) is 4.74 Å². The molecule has 0 unspecified atom stereocenters. The third-order valence-electron chi connectivity index (χ3n) is 1.76. The standard InChI is InChI=1S/C6H9NO/c1-2-6(1)5-8-4-3-7-6/h3H,1-2,4-5H2. The Morgan fingerprint density at radius 2 is 2.38 bits per heavy atom. The summed E-state index contributed by atoms with van der Waals surface area (Å²) in [6, 6.07) is 0. The van der Waals surface area contributed by atoms with Gasteiger partial charge < -0.3 is 4.74 Å². The summed E-state index contributed by atoms with van der Waals surface area (Å²) >= 11 is 0. The molecule has 0 bridgehead atoms. The van der Waals surface area contributed by atoms with Gasteiger partial charge in [0.1, 0.15) is 0 Å². The summed E-state index contributed by atoms with van der Waals surface area (Å²) in [5.41, 5.74) is 0.276. The van der Waals surface area contributed by atoms with Crippen LogP contribution >= 0.6 is 0 Å². The Bertz CT molecular complexity index is 126. The molecule has 2 rings (SSSR count). The smallest absolute Gasteiger partial charge is 0.0839 e. The Labute approximate surface area is 48.6 Å². The lowest BCUT2D eigenvalue weighted by Gasteiger charge is -2.13. The van der Waals surface area contributed by atoms with E-state index in [0.29, 0.717) is 0 Å². The molecule has 1 heterocycles. The van der Waals surface area contributed by atoms with Gasteiger partial charge in [-0.05, 0) is 12.8 Å². The third-order valence-corrected chi connectivity index (χ3v) is 1.76. The minimum atomic E-state index is 0.276. The molecular weight excluding hydrogens is 102 g/mol. The van der Waals surface area contributed by atoms with Crippen molar-refractivity contribution in [2.24, 2.45) is 4.99 Å². The zero-order valence-corrected chi connectivity index (χ0v) is 4.76. The summed E-state index contributed by atoms with van der Waals surface area (Å²) in [4.78, 5) is 4.32. The van der Waals surface area contributed by atoms with Crippen LogP contribution in [0.25, 0.3) is 0 Å². The van der Waals surface area contributed by atoms with E-state index in [1.807, 2.05) is 6.21 Å². The Kier molecular flexibility index (Phi) is 0.742. The van der Waals surface area contributed by atoms with Crippen LogP contribution in [0.4, 0.5) is 0 Å². The Morgan fingerprint density at radius 3 is 2.75 bits per heavy atom. The number of aliphatic imine (C=N–C) groups is 1. The van der Waals surface area contributed by atoms with Gasteiger partial charge in [0.2, 0.25) is 0 Å². The number of nitrogens with zero attached hydrogens (tertiary/aromatic N) is 1. The molecule has 1 saturated carbocycles. The van der Waals surface area contributed by atoms with Crippen LogP contribution in [0.2, 0.25) is 0 Å². The number of ether oxygens (including phenoxy) is 1. The van der Waals surface area contributed by atoms with Gasteiger partial charge in [-0.3, -0.25) is 4.99 Å². The van der Waals surface area contributed by atoms with Crippen molar-refractivity contribution >= 4 is 6.21 Å². The van der Waals surface area contributed by atoms with Crippen molar-refractivity contribution in [3.63, 3.8) is 0 Å². The average molecular weight is 111 g/mol. The second-order valence-corrected chi connectivity index (χ2v) is 2.55. The van der Waals surface area contributed by atoms with Gasteiger partial charge in [0.15, 0.2) is 0 Å². The normalized spacial score (nSPS) is 31.0. The van der Waals surface area contributed by atoms with E-state index in [-0.39, 0.29) is 5.54 Å². The molecule has 0 amide bonds. The second kappa shape index (κ2) is 1.32. The first-order valence-corrected chi connectivity index (χ1v) is 3.03. The predicted molar refractivity (Wildman–Crippen MR) is 31.3 cm³/mol. The van der Waals surface area contributed by atoms with Crippen LogP contribution in [0.5, 0.6) is 0 Å². The molecule has 2 aliphatic rings. The monoisotopic (exact) mass is 111 g/mol. The van der Waals surface area contributed by atoms with E-state index < -0.39 is 0 Å². The average Bonchev–Trinajstić information content (AvgIpc) is 2.52. The highest BCUT2D eigenvalue weighted by Gasteiger charge is 2.43. The fraction of sp³-hybridized carbons (Fsp3) is 0.833. The fourth-order valence-corrected chi connectivity index (χ4v) is 0.988. The molecule has 1 spiro atoms. The van der Waals surface area contributed by atoms with E-state index in [9.17, 15) is 0 Å². The third kappa shape index (κ3) is 0.564. The number of hydrogen-bond acceptors (Lipinski definition) is 2. The molecule has 0 aromatic carbocycles. The number of hydrogen-bond donors (Lipinski definition) is 0. The van der Waals surface area contributed by atoms with Gasteiger partial charge in [0.05, 0.1) is 18.8 Å². The minimum absolute atomic E-state index is 0.276. The summed E-state index contributed by atoms with van der Waals surface area (Å²) in [6.45, 7) is 1.59. The molecule has 2 nitrogen and oxygen atoms in total. The highest BCUT2D eigenvalue weighted by atomic mass is 16.5. The quantitative estimate of drug-likeness (QED) is 0.449. The lowest BCUT2D eigenvalue weighted by molar-refractivity contribution is 0.140. The molecule has 0 atom stereocenters. The van der Waals surface area contributed by atoms with Crippen molar-refractivity contribution < 1.29 is 4.74 Å². The summed E-state index contributed by atoms with van der Waals surface area (Å²) in [5, 5.41) is 0. The van der Waals surface area contributed by atoms with E-state index in [1.165, 1.54) is 12.8 Å². The van der Waals surface area contributed by atoms with Gasteiger partial charge in [-0.1, -0.05) is 0 Å². The van der Waals surface area contributed by atoms with Crippen LogP contribution in [0.15, 0.2) is 4.99 Å². The van der Waals surface area contributed by atoms with E-state index in [0.717, 1.165) is 13.2 Å². The molecular formula is C6H9NO. The van der Waals surface area contributed by atoms with Crippen LogP contribution in [-0.2, 0) is 4.74 Å². The lowest BCUT2D eigenvalue weighted by atomic mass is 10.3. The van der Waals surface area contributed by atoms with Gasteiger partial charge in [0, 0.05) is 6.21 Å².